The van der Waals surface area contributed by atoms with Crippen LogP contribution in [0.15, 0.2) is 0 Å². The third kappa shape index (κ3) is 3.38. The van der Waals surface area contributed by atoms with Crippen LogP contribution in [0.25, 0.3) is 0 Å². The Morgan fingerprint density at radius 3 is 2.56 bits per heavy atom. The maximum atomic E-state index is 11.7. The summed E-state index contributed by atoms with van der Waals surface area (Å²) in [6, 6.07) is -1.02. The first-order chi connectivity index (χ1) is 7.32. The van der Waals surface area contributed by atoms with Crippen molar-refractivity contribution in [1.82, 2.24) is 5.32 Å². The largest absolute Gasteiger partial charge is 0.480 e. The lowest BCUT2D eigenvalue weighted by Gasteiger charge is -2.27. The van der Waals surface area contributed by atoms with Gasteiger partial charge in [-0.3, -0.25) is 4.79 Å². The second-order valence-electron chi connectivity index (χ2n) is 4.44. The third-order valence-corrected chi connectivity index (χ3v) is 2.72. The average Bonchev–Trinajstić information content (AvgIpc) is 2.63. The minimum absolute atomic E-state index is 0.368. The molecular formula is C10H17NO4S. The molecular weight excluding hydrogens is 230 g/mol. The summed E-state index contributed by atoms with van der Waals surface area (Å²) in [5.41, 5.74) is 0. The number of hydrogen-bond donors (Lipinski definition) is 3. The fourth-order valence-electron chi connectivity index (χ4n) is 1.56. The average molecular weight is 247 g/mol. The van der Waals surface area contributed by atoms with E-state index in [4.69, 9.17) is 9.84 Å². The van der Waals surface area contributed by atoms with Gasteiger partial charge in [0.05, 0.1) is 0 Å². The fourth-order valence-corrected chi connectivity index (χ4v) is 1.74. The number of carboxylic acid groups (broad SMARTS) is 1. The highest BCUT2D eigenvalue weighted by Gasteiger charge is 2.36. The number of carbonyl (C=O) groups excluding carboxylic acids is 1. The topological polar surface area (TPSA) is 75.6 Å². The van der Waals surface area contributed by atoms with Crippen LogP contribution >= 0.6 is 12.6 Å². The molecule has 1 aliphatic heterocycles. The van der Waals surface area contributed by atoms with E-state index in [2.05, 4.69) is 17.9 Å². The van der Waals surface area contributed by atoms with E-state index in [1.165, 1.54) is 0 Å². The molecule has 5 nitrogen and oxygen atoms in total. The molecule has 0 aromatic rings. The van der Waals surface area contributed by atoms with Gasteiger partial charge in [0.1, 0.15) is 12.1 Å². The Morgan fingerprint density at radius 2 is 2.19 bits per heavy atom. The molecule has 1 heterocycles. The molecule has 2 atom stereocenters. The van der Waals surface area contributed by atoms with Crippen LogP contribution < -0.4 is 5.32 Å². The van der Waals surface area contributed by atoms with Crippen molar-refractivity contribution in [3.63, 3.8) is 0 Å². The van der Waals surface area contributed by atoms with Gasteiger partial charge in [0.25, 0.3) is 0 Å². The summed E-state index contributed by atoms with van der Waals surface area (Å²) in [7, 11) is 0. The van der Waals surface area contributed by atoms with Crippen molar-refractivity contribution in [2.45, 2.75) is 43.6 Å². The molecule has 2 unspecified atom stereocenters. The minimum atomic E-state index is -1.09. The molecule has 16 heavy (non-hydrogen) atoms. The number of thiol groups is 1. The Bertz CT molecular complexity index is 281. The van der Waals surface area contributed by atoms with Crippen LogP contribution in [0, 0.1) is 0 Å². The highest BCUT2D eigenvalue weighted by Crippen LogP contribution is 2.19. The molecule has 0 radical (unpaired) electrons. The summed E-state index contributed by atoms with van der Waals surface area (Å²) in [4.78, 5) is 22.7. The quantitative estimate of drug-likeness (QED) is 0.630. The summed E-state index contributed by atoms with van der Waals surface area (Å²) in [5.74, 6) is -1.46. The lowest BCUT2D eigenvalue weighted by Crippen LogP contribution is -2.53. The molecule has 0 saturated carbocycles. The first kappa shape index (κ1) is 13.3. The Morgan fingerprint density at radius 1 is 1.56 bits per heavy atom. The molecule has 1 rings (SSSR count). The van der Waals surface area contributed by atoms with Crippen molar-refractivity contribution in [1.29, 1.82) is 0 Å². The van der Waals surface area contributed by atoms with Gasteiger partial charge in [0.2, 0.25) is 5.91 Å². The van der Waals surface area contributed by atoms with E-state index in [0.717, 1.165) is 6.42 Å². The SMILES string of the molecule is CC(C)(S)C(NC(=O)C1CCCO1)C(=O)O. The Balaban J connectivity index is 2.61. The predicted molar refractivity (Wildman–Crippen MR) is 61.6 cm³/mol. The second-order valence-corrected chi connectivity index (χ2v) is 5.59. The van der Waals surface area contributed by atoms with Gasteiger partial charge in [-0.2, -0.15) is 12.6 Å². The molecule has 0 bridgehead atoms. The Kier molecular flexibility index (Phi) is 4.21. The summed E-state index contributed by atoms with van der Waals surface area (Å²) in [6.45, 7) is 3.84. The van der Waals surface area contributed by atoms with Crippen molar-refractivity contribution >= 4 is 24.5 Å². The smallest absolute Gasteiger partial charge is 0.327 e. The standard InChI is InChI=1S/C10H17NO4S/c1-10(2,16)7(9(13)14)11-8(12)6-4-3-5-15-6/h6-7,16H,3-5H2,1-2H3,(H,11,12)(H,13,14). The van der Waals surface area contributed by atoms with Gasteiger partial charge < -0.3 is 15.2 Å². The van der Waals surface area contributed by atoms with Crippen molar-refractivity contribution < 1.29 is 19.4 Å². The van der Waals surface area contributed by atoms with Gasteiger partial charge in [0.15, 0.2) is 0 Å². The van der Waals surface area contributed by atoms with Crippen LogP contribution in [-0.4, -0.2) is 40.5 Å². The van der Waals surface area contributed by atoms with Gasteiger partial charge in [0, 0.05) is 11.4 Å². The molecule has 1 amide bonds. The van der Waals surface area contributed by atoms with E-state index in [1.807, 2.05) is 0 Å². The van der Waals surface area contributed by atoms with Gasteiger partial charge in [-0.25, -0.2) is 4.79 Å². The monoisotopic (exact) mass is 247 g/mol. The highest BCUT2D eigenvalue weighted by atomic mass is 32.1. The summed E-state index contributed by atoms with van der Waals surface area (Å²) in [5, 5.41) is 11.5. The van der Waals surface area contributed by atoms with Crippen molar-refractivity contribution in [3.8, 4) is 0 Å². The number of amides is 1. The van der Waals surface area contributed by atoms with Gasteiger partial charge in [-0.05, 0) is 26.7 Å². The van der Waals surface area contributed by atoms with Crippen LogP contribution in [0.4, 0.5) is 0 Å². The predicted octanol–water partition coefficient (Wildman–Crippen LogP) is 0.443. The first-order valence-corrected chi connectivity index (χ1v) is 5.64. The molecule has 2 N–H and O–H groups in total. The van der Waals surface area contributed by atoms with Crippen molar-refractivity contribution in [2.75, 3.05) is 6.61 Å². The number of ether oxygens (including phenoxy) is 1. The van der Waals surface area contributed by atoms with Crippen LogP contribution in [-0.2, 0) is 14.3 Å². The zero-order valence-electron chi connectivity index (χ0n) is 9.40. The summed E-state index contributed by atoms with van der Waals surface area (Å²) >= 11 is 4.17. The van der Waals surface area contributed by atoms with E-state index < -0.39 is 22.9 Å². The number of rotatable bonds is 4. The van der Waals surface area contributed by atoms with Crippen LogP contribution in [0.5, 0.6) is 0 Å². The second kappa shape index (κ2) is 5.05. The molecule has 92 valence electrons. The summed E-state index contributed by atoms with van der Waals surface area (Å²) in [6.07, 6.45) is 0.961. The molecule has 0 aromatic carbocycles. The molecule has 0 aromatic heterocycles. The van der Waals surface area contributed by atoms with Crippen LogP contribution in [0.1, 0.15) is 26.7 Å². The van der Waals surface area contributed by atoms with E-state index in [-0.39, 0.29) is 5.91 Å². The van der Waals surface area contributed by atoms with Crippen molar-refractivity contribution in [2.24, 2.45) is 0 Å². The fraction of sp³-hybridized carbons (Fsp3) is 0.800. The normalized spacial score (nSPS) is 22.8. The molecule has 1 saturated heterocycles. The van der Waals surface area contributed by atoms with E-state index in [9.17, 15) is 9.59 Å². The third-order valence-electron chi connectivity index (χ3n) is 2.46. The van der Waals surface area contributed by atoms with Crippen molar-refractivity contribution in [3.05, 3.63) is 0 Å². The van der Waals surface area contributed by atoms with Gasteiger partial charge >= 0.3 is 5.97 Å². The number of carboxylic acids is 1. The van der Waals surface area contributed by atoms with Crippen LogP contribution in [0.3, 0.4) is 0 Å². The summed E-state index contributed by atoms with van der Waals surface area (Å²) < 4.78 is 4.36. The minimum Gasteiger partial charge on any atom is -0.480 e. The number of aliphatic carboxylic acids is 1. The Labute approximate surface area is 100.0 Å². The van der Waals surface area contributed by atoms with Gasteiger partial charge in [-0.1, -0.05) is 0 Å². The highest BCUT2D eigenvalue weighted by molar-refractivity contribution is 7.81. The first-order valence-electron chi connectivity index (χ1n) is 5.19. The molecule has 0 spiro atoms. The molecule has 1 fully saturated rings. The Hall–Kier alpha value is -0.750. The molecule has 1 aliphatic rings. The number of carbonyl (C=O) groups is 2. The van der Waals surface area contributed by atoms with Gasteiger partial charge in [-0.15, -0.1) is 0 Å². The van der Waals surface area contributed by atoms with E-state index in [0.29, 0.717) is 13.0 Å². The lowest BCUT2D eigenvalue weighted by molar-refractivity contribution is -0.144. The number of nitrogens with one attached hydrogen (secondary N) is 1. The maximum absolute atomic E-state index is 11.7. The lowest BCUT2D eigenvalue weighted by atomic mass is 10.0. The molecule has 6 heteroatoms. The van der Waals surface area contributed by atoms with E-state index >= 15 is 0 Å². The zero-order valence-corrected chi connectivity index (χ0v) is 10.3. The maximum Gasteiger partial charge on any atom is 0.327 e. The van der Waals surface area contributed by atoms with E-state index in [1.54, 1.807) is 13.8 Å². The number of hydrogen-bond acceptors (Lipinski definition) is 4. The molecule has 0 aliphatic carbocycles. The van der Waals surface area contributed by atoms with Crippen LogP contribution in [0.2, 0.25) is 0 Å². The zero-order chi connectivity index (χ0) is 12.3.